The summed E-state index contributed by atoms with van der Waals surface area (Å²) in [5.74, 6) is 1.66. The van der Waals surface area contributed by atoms with Gasteiger partial charge in [-0.1, -0.05) is 24.3 Å². The molecule has 0 atom stereocenters. The molecule has 5 rings (SSSR count). The summed E-state index contributed by atoms with van der Waals surface area (Å²) in [5, 5.41) is 2.94. The number of carbonyl (C=O) groups excluding carboxylic acids is 1. The molecule has 0 saturated heterocycles. The number of anilines is 2. The van der Waals surface area contributed by atoms with Crippen molar-refractivity contribution in [3.05, 3.63) is 66.2 Å². The molecular weight excluding hydrogens is 430 g/mol. The second-order valence-corrected chi connectivity index (χ2v) is 9.72. The van der Waals surface area contributed by atoms with Crippen molar-refractivity contribution in [3.63, 3.8) is 0 Å². The molecule has 1 aromatic heterocycles. The Morgan fingerprint density at radius 3 is 2.59 bits per heavy atom. The smallest absolute Gasteiger partial charge is 0.236 e. The number of hydrogen-bond acceptors (Lipinski definition) is 6. The lowest BCUT2D eigenvalue weighted by Gasteiger charge is -2.16. The molecule has 3 aromatic rings. The van der Waals surface area contributed by atoms with Crippen molar-refractivity contribution in [3.8, 4) is 22.8 Å². The van der Waals surface area contributed by atoms with Crippen molar-refractivity contribution in [1.82, 2.24) is 4.98 Å². The quantitative estimate of drug-likeness (QED) is 0.582. The van der Waals surface area contributed by atoms with Gasteiger partial charge in [0.15, 0.2) is 11.5 Å². The first-order valence-corrected chi connectivity index (χ1v) is 12.0. The molecule has 1 aliphatic carbocycles. The monoisotopic (exact) mass is 455 g/mol. The molecule has 1 aliphatic heterocycles. The van der Waals surface area contributed by atoms with Gasteiger partial charge in [0.05, 0.1) is 17.4 Å². The van der Waals surface area contributed by atoms with E-state index in [1.54, 1.807) is 36.4 Å². The molecule has 32 heavy (non-hydrogen) atoms. The van der Waals surface area contributed by atoms with Gasteiger partial charge in [-0.2, -0.15) is 0 Å². The van der Waals surface area contributed by atoms with Gasteiger partial charge in [0.2, 0.25) is 22.7 Å². The van der Waals surface area contributed by atoms with Gasteiger partial charge in [0.25, 0.3) is 0 Å². The fraction of sp³-hybridized carbons (Fsp3) is 0.217. The zero-order valence-electron chi connectivity index (χ0n) is 17.3. The lowest BCUT2D eigenvalue weighted by molar-refractivity contribution is -0.118. The molecule has 168 valence electrons. The summed E-state index contributed by atoms with van der Waals surface area (Å²) in [5.41, 5.74) is 2.09. The molecule has 2 heterocycles. The van der Waals surface area contributed by atoms with Gasteiger partial charge in [0.1, 0.15) is 5.82 Å². The maximum atomic E-state index is 13.2. The van der Waals surface area contributed by atoms with Crippen LogP contribution >= 0.6 is 0 Å². The number of pyridine rings is 1. The maximum Gasteiger partial charge on any atom is 0.236 e. The van der Waals surface area contributed by atoms with Crippen LogP contribution in [0, 0.1) is 0 Å². The first-order valence-electron chi connectivity index (χ1n) is 10.1. The number of aromatic nitrogens is 1. The van der Waals surface area contributed by atoms with Gasteiger partial charge in [-0.3, -0.25) is 9.52 Å². The van der Waals surface area contributed by atoms with Crippen LogP contribution in [0.15, 0.2) is 60.7 Å². The van der Waals surface area contributed by atoms with Crippen molar-refractivity contribution >= 4 is 27.4 Å². The van der Waals surface area contributed by atoms with Crippen molar-refractivity contribution in [2.75, 3.05) is 23.1 Å². The summed E-state index contributed by atoms with van der Waals surface area (Å²) in [4.78, 5) is 17.7. The largest absolute Gasteiger partial charge is 0.454 e. The average Bonchev–Trinajstić information content (AvgIpc) is 3.44. The topological polar surface area (TPSA) is 107 Å². The van der Waals surface area contributed by atoms with E-state index in [1.807, 2.05) is 24.3 Å². The molecule has 1 amide bonds. The van der Waals surface area contributed by atoms with Crippen molar-refractivity contribution in [2.24, 2.45) is 0 Å². The molecule has 0 bridgehead atoms. The van der Waals surface area contributed by atoms with Gasteiger partial charge in [-0.05, 0) is 54.8 Å². The summed E-state index contributed by atoms with van der Waals surface area (Å²) in [6, 6.07) is 17.9. The van der Waals surface area contributed by atoms with Crippen LogP contribution in [0.4, 0.5) is 11.5 Å². The number of hydrogen-bond donors (Lipinski definition) is 2. The fourth-order valence-electron chi connectivity index (χ4n) is 3.82. The second kappa shape index (κ2) is 7.52. The Kier molecular flexibility index (Phi) is 4.78. The van der Waals surface area contributed by atoms with Crippen LogP contribution in [0.25, 0.3) is 11.3 Å². The van der Waals surface area contributed by atoms with E-state index in [2.05, 4.69) is 15.0 Å². The van der Waals surface area contributed by atoms with E-state index in [9.17, 15) is 13.2 Å². The second-order valence-electron chi connectivity index (χ2n) is 7.97. The van der Waals surface area contributed by atoms with Gasteiger partial charge < -0.3 is 14.8 Å². The first kappa shape index (κ1) is 20.3. The highest BCUT2D eigenvalue weighted by Gasteiger charge is 2.51. The van der Waals surface area contributed by atoms with Gasteiger partial charge in [0, 0.05) is 14.1 Å². The van der Waals surface area contributed by atoms with Gasteiger partial charge >= 0.3 is 0 Å². The molecular formula is C23H25N3O5S. The van der Waals surface area contributed by atoms with Crippen LogP contribution < -0.4 is 19.5 Å². The predicted octanol–water partition coefficient (Wildman–Crippen LogP) is 4.01. The van der Waals surface area contributed by atoms with E-state index in [0.29, 0.717) is 28.7 Å². The minimum absolute atomic E-state index is 0. The Morgan fingerprint density at radius 1 is 1.03 bits per heavy atom. The Labute approximate surface area is 188 Å². The highest BCUT2D eigenvalue weighted by Crippen LogP contribution is 2.51. The van der Waals surface area contributed by atoms with Gasteiger partial charge in [-0.25, -0.2) is 13.4 Å². The number of carbonyl (C=O) groups is 1. The zero-order chi connectivity index (χ0) is 22.3. The lowest BCUT2D eigenvalue weighted by atomic mass is 9.94. The van der Waals surface area contributed by atoms with Crippen LogP contribution in [0.2, 0.25) is 0 Å². The number of sulfonamides is 1. The molecule has 1 saturated carbocycles. The Balaban J connectivity index is 0.00000162. The van der Waals surface area contributed by atoms with Crippen molar-refractivity contribution in [1.29, 1.82) is 0 Å². The first-order chi connectivity index (χ1) is 15.3. The molecule has 0 radical (unpaired) electrons. The Hall–Kier alpha value is -3.59. The van der Waals surface area contributed by atoms with E-state index >= 15 is 0 Å². The minimum atomic E-state index is -3.38. The normalized spacial score (nSPS) is 15.8. The standard InChI is InChI=1S/C23H21N3O5S.2H2/c1-32(28,29)26-17-5-2-4-15(12-17)18-6-3-7-21(24-18)25-22(27)23(10-11-23)16-8-9-19-20(13-16)31-14-30-19;;/h2-9,12-13,26H,10-11,14H2,1H3,(H,24,25,27);2*1H. The third kappa shape index (κ3) is 3.99. The number of ether oxygens (including phenoxy) is 2. The lowest BCUT2D eigenvalue weighted by Crippen LogP contribution is -2.28. The Morgan fingerprint density at radius 2 is 1.81 bits per heavy atom. The van der Waals surface area contributed by atoms with E-state index < -0.39 is 15.4 Å². The molecule has 9 heteroatoms. The highest BCUT2D eigenvalue weighted by atomic mass is 32.2. The summed E-state index contributed by atoms with van der Waals surface area (Å²) < 4.78 is 36.3. The minimum Gasteiger partial charge on any atom is -0.454 e. The summed E-state index contributed by atoms with van der Waals surface area (Å²) in [6.07, 6.45) is 2.59. The van der Waals surface area contributed by atoms with E-state index in [0.717, 1.165) is 30.2 Å². The van der Waals surface area contributed by atoms with E-state index in [1.165, 1.54) is 0 Å². The third-order valence-corrected chi connectivity index (χ3v) is 6.17. The summed E-state index contributed by atoms with van der Waals surface area (Å²) in [7, 11) is -3.38. The van der Waals surface area contributed by atoms with E-state index in [-0.39, 0.29) is 15.6 Å². The zero-order valence-corrected chi connectivity index (χ0v) is 18.1. The Bertz CT molecular complexity index is 1330. The van der Waals surface area contributed by atoms with Crippen LogP contribution in [-0.4, -0.2) is 32.4 Å². The van der Waals surface area contributed by atoms with E-state index in [4.69, 9.17) is 9.47 Å². The number of nitrogens with zero attached hydrogens (tertiary/aromatic N) is 1. The average molecular weight is 456 g/mol. The number of rotatable bonds is 6. The predicted molar refractivity (Wildman–Crippen MR) is 124 cm³/mol. The highest BCUT2D eigenvalue weighted by molar-refractivity contribution is 7.92. The SMILES string of the molecule is CS(=O)(=O)Nc1cccc(-c2cccc(NC(=O)C3(c4ccc5c(c4)OCO5)CC3)n2)c1.[HH].[HH]. The molecule has 2 aromatic carbocycles. The molecule has 2 aliphatic rings. The van der Waals surface area contributed by atoms with Gasteiger partial charge in [-0.15, -0.1) is 0 Å². The molecule has 2 N–H and O–H groups in total. The molecule has 8 nitrogen and oxygen atoms in total. The number of amides is 1. The van der Waals surface area contributed by atoms with Crippen molar-refractivity contribution in [2.45, 2.75) is 18.3 Å². The van der Waals surface area contributed by atoms with Crippen molar-refractivity contribution < 1.29 is 25.5 Å². The summed E-state index contributed by atoms with van der Waals surface area (Å²) >= 11 is 0. The number of fused-ring (bicyclic) bond motifs is 1. The number of nitrogens with one attached hydrogen (secondary N) is 2. The fourth-order valence-corrected chi connectivity index (χ4v) is 4.38. The number of benzene rings is 2. The van der Waals surface area contributed by atoms with Crippen LogP contribution in [0.5, 0.6) is 11.5 Å². The third-order valence-electron chi connectivity index (χ3n) is 5.56. The molecule has 1 fully saturated rings. The van der Waals surface area contributed by atoms with Crippen LogP contribution in [0.3, 0.4) is 0 Å². The summed E-state index contributed by atoms with van der Waals surface area (Å²) in [6.45, 7) is 0.190. The molecule has 0 spiro atoms. The molecule has 0 unspecified atom stereocenters. The van der Waals surface area contributed by atoms with Crippen LogP contribution in [0.1, 0.15) is 21.3 Å². The maximum absolute atomic E-state index is 13.2. The van der Waals surface area contributed by atoms with Crippen LogP contribution in [-0.2, 0) is 20.2 Å².